The molecule has 0 saturated heterocycles. The Morgan fingerprint density at radius 2 is 1.89 bits per heavy atom. The van der Waals surface area contributed by atoms with Crippen LogP contribution < -0.4 is 0 Å². The summed E-state index contributed by atoms with van der Waals surface area (Å²) in [5, 5.41) is 0. The highest BCUT2D eigenvalue weighted by atomic mass is 16.5. The zero-order valence-electron chi connectivity index (χ0n) is 11.5. The molecule has 0 spiro atoms. The zero-order chi connectivity index (χ0) is 13.6. The molecule has 4 nitrogen and oxygen atoms in total. The van der Waals surface area contributed by atoms with Crippen molar-refractivity contribution in [3.8, 4) is 0 Å². The van der Waals surface area contributed by atoms with Crippen molar-refractivity contribution >= 4 is 11.9 Å². The molecule has 0 aromatic heterocycles. The van der Waals surface area contributed by atoms with Crippen LogP contribution in [0.4, 0.5) is 0 Å². The zero-order valence-corrected chi connectivity index (χ0v) is 11.5. The van der Waals surface area contributed by atoms with Crippen LogP contribution in [0.1, 0.15) is 32.1 Å². The minimum Gasteiger partial charge on any atom is -0.468 e. The lowest BCUT2D eigenvalue weighted by molar-refractivity contribution is -0.174. The molecule has 3 rings (SSSR count). The standard InChI is InChI=1S/C15H20O4/c1-18-13(16)15(14(17)19-2)8-10-7-6-9-4-3-5-11(15)12(9)10/h7,9,11-12H,3-6,8H2,1-2H3/t9-,11+,12-/m1/s1. The van der Waals surface area contributed by atoms with Gasteiger partial charge in [0.15, 0.2) is 5.41 Å². The summed E-state index contributed by atoms with van der Waals surface area (Å²) in [5.41, 5.74) is 0.199. The molecule has 0 aliphatic heterocycles. The topological polar surface area (TPSA) is 52.6 Å². The van der Waals surface area contributed by atoms with Crippen LogP contribution in [0.3, 0.4) is 0 Å². The molecular formula is C15H20O4. The van der Waals surface area contributed by atoms with E-state index in [0.29, 0.717) is 18.3 Å². The first-order valence-corrected chi connectivity index (χ1v) is 7.01. The maximum atomic E-state index is 12.3. The fourth-order valence-corrected chi connectivity index (χ4v) is 4.64. The molecule has 3 atom stereocenters. The predicted octanol–water partition coefficient (Wildman–Crippen LogP) is 2.09. The van der Waals surface area contributed by atoms with Crippen molar-refractivity contribution < 1.29 is 19.1 Å². The SMILES string of the molecule is COC(=O)C1(C(=O)OC)CC2=CC[C@H]3CCC[C@H]1[C@@H]23. The molecule has 0 aromatic carbocycles. The summed E-state index contributed by atoms with van der Waals surface area (Å²) in [5.74, 6) is 0.248. The van der Waals surface area contributed by atoms with Gasteiger partial charge >= 0.3 is 11.9 Å². The van der Waals surface area contributed by atoms with Gasteiger partial charge in [0.25, 0.3) is 0 Å². The lowest BCUT2D eigenvalue weighted by Gasteiger charge is -2.37. The van der Waals surface area contributed by atoms with Crippen LogP contribution in [0.2, 0.25) is 0 Å². The van der Waals surface area contributed by atoms with E-state index < -0.39 is 17.4 Å². The Labute approximate surface area is 113 Å². The highest BCUT2D eigenvalue weighted by Crippen LogP contribution is 2.61. The number of carbonyl (C=O) groups is 2. The second-order valence-electron chi connectivity index (χ2n) is 5.97. The Bertz CT molecular complexity index is 435. The van der Waals surface area contributed by atoms with Gasteiger partial charge in [0.1, 0.15) is 0 Å². The molecule has 0 heterocycles. The first kappa shape index (κ1) is 12.7. The minimum atomic E-state index is -1.08. The highest BCUT2D eigenvalue weighted by molar-refractivity contribution is 6.01. The van der Waals surface area contributed by atoms with Crippen molar-refractivity contribution in [3.63, 3.8) is 0 Å². The molecule has 3 aliphatic rings. The quantitative estimate of drug-likeness (QED) is 0.435. The van der Waals surface area contributed by atoms with Crippen molar-refractivity contribution in [2.45, 2.75) is 32.1 Å². The monoisotopic (exact) mass is 264 g/mol. The number of methoxy groups -OCH3 is 2. The molecule has 2 fully saturated rings. The van der Waals surface area contributed by atoms with E-state index in [4.69, 9.17) is 9.47 Å². The number of esters is 2. The lowest BCUT2D eigenvalue weighted by Crippen LogP contribution is -2.47. The molecular weight excluding hydrogens is 244 g/mol. The van der Waals surface area contributed by atoms with Crippen LogP contribution in [0, 0.1) is 23.2 Å². The van der Waals surface area contributed by atoms with Gasteiger partial charge in [0, 0.05) is 0 Å². The fraction of sp³-hybridized carbons (Fsp3) is 0.733. The summed E-state index contributed by atoms with van der Waals surface area (Å²) < 4.78 is 9.90. The fourth-order valence-electron chi connectivity index (χ4n) is 4.64. The van der Waals surface area contributed by atoms with E-state index in [9.17, 15) is 9.59 Å². The van der Waals surface area contributed by atoms with Gasteiger partial charge in [-0.25, -0.2) is 0 Å². The first-order chi connectivity index (χ1) is 9.15. The first-order valence-electron chi connectivity index (χ1n) is 7.01. The van der Waals surface area contributed by atoms with Gasteiger partial charge < -0.3 is 9.47 Å². The average molecular weight is 264 g/mol. The molecule has 0 bridgehead atoms. The third kappa shape index (κ3) is 1.52. The van der Waals surface area contributed by atoms with Crippen molar-refractivity contribution in [1.82, 2.24) is 0 Å². The largest absolute Gasteiger partial charge is 0.468 e. The molecule has 0 radical (unpaired) electrons. The molecule has 0 amide bonds. The number of hydrogen-bond donors (Lipinski definition) is 0. The van der Waals surface area contributed by atoms with Crippen LogP contribution in [-0.4, -0.2) is 26.2 Å². The van der Waals surface area contributed by atoms with Crippen LogP contribution in [0.15, 0.2) is 11.6 Å². The van der Waals surface area contributed by atoms with E-state index >= 15 is 0 Å². The van der Waals surface area contributed by atoms with Crippen LogP contribution in [0.5, 0.6) is 0 Å². The third-order valence-corrected chi connectivity index (χ3v) is 5.36. The molecule has 0 N–H and O–H groups in total. The Morgan fingerprint density at radius 3 is 2.53 bits per heavy atom. The van der Waals surface area contributed by atoms with Crippen LogP contribution in [0.25, 0.3) is 0 Å². The number of hydrogen-bond acceptors (Lipinski definition) is 4. The van der Waals surface area contributed by atoms with E-state index in [2.05, 4.69) is 6.08 Å². The average Bonchev–Trinajstić information content (AvgIpc) is 3.01. The van der Waals surface area contributed by atoms with Gasteiger partial charge in [-0.2, -0.15) is 0 Å². The molecule has 4 heteroatoms. The van der Waals surface area contributed by atoms with Gasteiger partial charge in [-0.3, -0.25) is 9.59 Å². The van der Waals surface area contributed by atoms with E-state index in [1.807, 2.05) is 0 Å². The number of allylic oxidation sites excluding steroid dienone is 2. The Hall–Kier alpha value is -1.32. The lowest BCUT2D eigenvalue weighted by atomic mass is 9.66. The molecule has 19 heavy (non-hydrogen) atoms. The van der Waals surface area contributed by atoms with E-state index in [-0.39, 0.29) is 5.92 Å². The van der Waals surface area contributed by atoms with Crippen molar-refractivity contribution in [2.24, 2.45) is 23.2 Å². The van der Waals surface area contributed by atoms with Gasteiger partial charge in [0.05, 0.1) is 14.2 Å². The number of ether oxygens (including phenoxy) is 2. The summed E-state index contributed by atoms with van der Waals surface area (Å²) in [6, 6.07) is 0. The smallest absolute Gasteiger partial charge is 0.323 e. The minimum absolute atomic E-state index is 0.0694. The van der Waals surface area contributed by atoms with Crippen LogP contribution >= 0.6 is 0 Å². The second-order valence-corrected chi connectivity index (χ2v) is 5.97. The number of carbonyl (C=O) groups excluding carboxylic acids is 2. The van der Waals surface area contributed by atoms with Crippen molar-refractivity contribution in [2.75, 3.05) is 14.2 Å². The summed E-state index contributed by atoms with van der Waals surface area (Å²) >= 11 is 0. The molecule has 0 aromatic rings. The van der Waals surface area contributed by atoms with Crippen LogP contribution in [-0.2, 0) is 19.1 Å². The van der Waals surface area contributed by atoms with E-state index in [0.717, 1.165) is 19.3 Å². The van der Waals surface area contributed by atoms with E-state index in [1.54, 1.807) is 0 Å². The van der Waals surface area contributed by atoms with Gasteiger partial charge in [0.2, 0.25) is 0 Å². The Morgan fingerprint density at radius 1 is 1.21 bits per heavy atom. The Kier molecular flexibility index (Phi) is 2.91. The summed E-state index contributed by atoms with van der Waals surface area (Å²) in [7, 11) is 2.71. The Balaban J connectivity index is 2.06. The highest BCUT2D eigenvalue weighted by Gasteiger charge is 2.64. The van der Waals surface area contributed by atoms with Gasteiger partial charge in [-0.05, 0) is 43.4 Å². The summed E-state index contributed by atoms with van der Waals surface area (Å²) in [4.78, 5) is 24.6. The molecule has 3 aliphatic carbocycles. The third-order valence-electron chi connectivity index (χ3n) is 5.36. The van der Waals surface area contributed by atoms with Gasteiger partial charge in [-0.1, -0.05) is 18.1 Å². The van der Waals surface area contributed by atoms with Gasteiger partial charge in [-0.15, -0.1) is 0 Å². The van der Waals surface area contributed by atoms with Crippen molar-refractivity contribution in [3.05, 3.63) is 11.6 Å². The maximum Gasteiger partial charge on any atom is 0.323 e. The molecule has 104 valence electrons. The maximum absolute atomic E-state index is 12.3. The molecule has 0 unspecified atom stereocenters. The second kappa shape index (κ2) is 4.36. The number of rotatable bonds is 2. The van der Waals surface area contributed by atoms with E-state index in [1.165, 1.54) is 26.2 Å². The summed E-state index contributed by atoms with van der Waals surface area (Å²) in [6.45, 7) is 0. The van der Waals surface area contributed by atoms with Crippen molar-refractivity contribution in [1.29, 1.82) is 0 Å². The normalized spacial score (nSPS) is 34.4. The predicted molar refractivity (Wildman–Crippen MR) is 68.1 cm³/mol. The molecule has 2 saturated carbocycles. The summed E-state index contributed by atoms with van der Waals surface area (Å²) in [6.07, 6.45) is 7.05.